The molecule has 1 saturated heterocycles. The molecule has 0 saturated carbocycles. The summed E-state index contributed by atoms with van der Waals surface area (Å²) in [6.07, 6.45) is 7.31. The molecule has 0 spiro atoms. The van der Waals surface area contributed by atoms with Crippen LogP contribution in [0.5, 0.6) is 0 Å². The van der Waals surface area contributed by atoms with Gasteiger partial charge in [0.05, 0.1) is 19.3 Å². The summed E-state index contributed by atoms with van der Waals surface area (Å²) in [5.74, 6) is 2.05. The molecular formula is C12H18O3. The van der Waals surface area contributed by atoms with Crippen molar-refractivity contribution in [3.63, 3.8) is 0 Å². The highest BCUT2D eigenvalue weighted by Gasteiger charge is 2.37. The lowest BCUT2D eigenvalue weighted by Crippen LogP contribution is -2.32. The highest BCUT2D eigenvalue weighted by Crippen LogP contribution is 2.26. The smallest absolute Gasteiger partial charge is 0.163 e. The van der Waals surface area contributed by atoms with Gasteiger partial charge in [0, 0.05) is 6.42 Å². The topological polar surface area (TPSA) is 27.7 Å². The predicted octanol–water partition coefficient (Wildman–Crippen LogP) is 1.73. The zero-order chi connectivity index (χ0) is 11.3. The van der Waals surface area contributed by atoms with Crippen molar-refractivity contribution < 1.29 is 14.2 Å². The lowest BCUT2D eigenvalue weighted by molar-refractivity contribution is -0.154. The summed E-state index contributed by atoms with van der Waals surface area (Å²) in [4.78, 5) is 0. The van der Waals surface area contributed by atoms with Crippen molar-refractivity contribution >= 4 is 0 Å². The monoisotopic (exact) mass is 210 g/mol. The number of hydrogen-bond donors (Lipinski definition) is 0. The van der Waals surface area contributed by atoms with E-state index in [0.717, 1.165) is 0 Å². The first-order valence-corrected chi connectivity index (χ1v) is 5.07. The summed E-state index contributed by atoms with van der Waals surface area (Å²) < 4.78 is 16.7. The van der Waals surface area contributed by atoms with E-state index in [0.29, 0.717) is 19.6 Å². The Bertz CT molecular complexity index is 252. The summed E-state index contributed by atoms with van der Waals surface area (Å²) in [7, 11) is 0. The van der Waals surface area contributed by atoms with Crippen molar-refractivity contribution in [1.29, 1.82) is 0 Å². The van der Waals surface area contributed by atoms with Crippen LogP contribution in [0.25, 0.3) is 0 Å². The average Bonchev–Trinajstić information content (AvgIpc) is 2.53. The summed E-state index contributed by atoms with van der Waals surface area (Å²) >= 11 is 0. The molecule has 2 atom stereocenters. The first kappa shape index (κ1) is 12.3. The second kappa shape index (κ2) is 5.32. The van der Waals surface area contributed by atoms with E-state index in [2.05, 4.69) is 12.5 Å². The zero-order valence-electron chi connectivity index (χ0n) is 9.36. The molecule has 0 aromatic carbocycles. The molecule has 0 aromatic rings. The maximum Gasteiger partial charge on any atom is 0.163 e. The normalized spacial score (nSPS) is 25.8. The summed E-state index contributed by atoms with van der Waals surface area (Å²) in [6.45, 7) is 8.37. The van der Waals surface area contributed by atoms with Gasteiger partial charge in [-0.05, 0) is 13.8 Å². The van der Waals surface area contributed by atoms with E-state index in [1.807, 2.05) is 13.8 Å². The van der Waals surface area contributed by atoms with Gasteiger partial charge in [0.2, 0.25) is 0 Å². The number of rotatable bonds is 5. The molecule has 0 aromatic heterocycles. The highest BCUT2D eigenvalue weighted by molar-refractivity contribution is 4.92. The standard InChI is InChI=1S/C12H18O3/c1-5-7-10(13-8-6-2)11-9-14-12(3,4)15-11/h1,6,10-11H,2,7-9H2,3-4H3/t10-,11+/m0/s1. The van der Waals surface area contributed by atoms with Crippen LogP contribution in [0.3, 0.4) is 0 Å². The largest absolute Gasteiger partial charge is 0.370 e. The van der Waals surface area contributed by atoms with Crippen molar-refractivity contribution in [2.75, 3.05) is 13.2 Å². The Hall–Kier alpha value is -0.820. The Kier molecular flexibility index (Phi) is 4.34. The number of ether oxygens (including phenoxy) is 3. The maximum absolute atomic E-state index is 5.68. The third-order valence-corrected chi connectivity index (χ3v) is 2.19. The minimum atomic E-state index is -0.533. The molecule has 84 valence electrons. The van der Waals surface area contributed by atoms with Crippen LogP contribution in [-0.2, 0) is 14.2 Å². The van der Waals surface area contributed by atoms with Gasteiger partial charge in [-0.3, -0.25) is 0 Å². The van der Waals surface area contributed by atoms with Crippen LogP contribution < -0.4 is 0 Å². The van der Waals surface area contributed by atoms with E-state index in [-0.39, 0.29) is 12.2 Å². The molecule has 15 heavy (non-hydrogen) atoms. The van der Waals surface area contributed by atoms with Gasteiger partial charge < -0.3 is 14.2 Å². The van der Waals surface area contributed by atoms with Crippen LogP contribution in [0.2, 0.25) is 0 Å². The van der Waals surface area contributed by atoms with Gasteiger partial charge in [-0.15, -0.1) is 18.9 Å². The second-order valence-corrected chi connectivity index (χ2v) is 3.94. The van der Waals surface area contributed by atoms with E-state index in [4.69, 9.17) is 20.6 Å². The van der Waals surface area contributed by atoms with Crippen LogP contribution in [0.15, 0.2) is 12.7 Å². The van der Waals surface area contributed by atoms with Gasteiger partial charge >= 0.3 is 0 Å². The molecule has 0 N–H and O–H groups in total. The Balaban J connectivity index is 2.50. The molecule has 0 aliphatic carbocycles. The fourth-order valence-electron chi connectivity index (χ4n) is 1.50. The van der Waals surface area contributed by atoms with Gasteiger partial charge in [-0.2, -0.15) is 0 Å². The molecule has 3 heteroatoms. The van der Waals surface area contributed by atoms with Gasteiger partial charge in [0.25, 0.3) is 0 Å². The fourth-order valence-corrected chi connectivity index (χ4v) is 1.50. The van der Waals surface area contributed by atoms with Gasteiger partial charge in [-0.25, -0.2) is 0 Å². The van der Waals surface area contributed by atoms with Crippen molar-refractivity contribution in [1.82, 2.24) is 0 Å². The first-order valence-electron chi connectivity index (χ1n) is 5.07. The van der Waals surface area contributed by atoms with Crippen molar-refractivity contribution in [2.45, 2.75) is 38.3 Å². The average molecular weight is 210 g/mol. The Labute approximate surface area is 91.4 Å². The number of terminal acetylenes is 1. The quantitative estimate of drug-likeness (QED) is 0.511. The summed E-state index contributed by atoms with van der Waals surface area (Å²) in [6, 6.07) is 0. The predicted molar refractivity (Wildman–Crippen MR) is 58.3 cm³/mol. The van der Waals surface area contributed by atoms with Crippen LogP contribution in [0, 0.1) is 12.3 Å². The minimum Gasteiger partial charge on any atom is -0.370 e. The van der Waals surface area contributed by atoms with Crippen molar-refractivity contribution in [2.24, 2.45) is 0 Å². The van der Waals surface area contributed by atoms with Gasteiger partial charge in [-0.1, -0.05) is 6.08 Å². The molecule has 0 bridgehead atoms. The molecule has 3 nitrogen and oxygen atoms in total. The number of hydrogen-bond acceptors (Lipinski definition) is 3. The molecular weight excluding hydrogens is 192 g/mol. The van der Waals surface area contributed by atoms with Crippen LogP contribution in [0.4, 0.5) is 0 Å². The minimum absolute atomic E-state index is 0.0870. The Morgan fingerprint density at radius 1 is 1.73 bits per heavy atom. The van der Waals surface area contributed by atoms with Crippen LogP contribution in [0.1, 0.15) is 20.3 Å². The van der Waals surface area contributed by atoms with E-state index in [1.165, 1.54) is 0 Å². The van der Waals surface area contributed by atoms with E-state index in [9.17, 15) is 0 Å². The third-order valence-electron chi connectivity index (χ3n) is 2.19. The first-order chi connectivity index (χ1) is 7.09. The SMILES string of the molecule is C#CC[C@H](OCC=C)[C@H]1COC(C)(C)O1. The molecule has 0 amide bonds. The molecule has 1 rings (SSSR count). The lowest BCUT2D eigenvalue weighted by Gasteiger charge is -2.22. The molecule has 1 aliphatic heterocycles. The fraction of sp³-hybridized carbons (Fsp3) is 0.667. The van der Waals surface area contributed by atoms with Crippen LogP contribution >= 0.6 is 0 Å². The highest BCUT2D eigenvalue weighted by atomic mass is 16.7. The lowest BCUT2D eigenvalue weighted by atomic mass is 10.1. The van der Waals surface area contributed by atoms with Crippen molar-refractivity contribution in [3.8, 4) is 12.3 Å². The Morgan fingerprint density at radius 2 is 2.47 bits per heavy atom. The third kappa shape index (κ3) is 3.67. The van der Waals surface area contributed by atoms with Crippen molar-refractivity contribution in [3.05, 3.63) is 12.7 Å². The molecule has 0 unspecified atom stereocenters. The van der Waals surface area contributed by atoms with Gasteiger partial charge in [0.15, 0.2) is 5.79 Å². The Morgan fingerprint density at radius 3 is 2.93 bits per heavy atom. The maximum atomic E-state index is 5.68. The van der Waals surface area contributed by atoms with Crippen LogP contribution in [-0.4, -0.2) is 31.2 Å². The zero-order valence-corrected chi connectivity index (χ0v) is 9.36. The van der Waals surface area contributed by atoms with E-state index < -0.39 is 5.79 Å². The molecule has 1 heterocycles. The molecule has 1 fully saturated rings. The second-order valence-electron chi connectivity index (χ2n) is 3.94. The van der Waals surface area contributed by atoms with E-state index >= 15 is 0 Å². The van der Waals surface area contributed by atoms with Gasteiger partial charge in [0.1, 0.15) is 6.10 Å². The van der Waals surface area contributed by atoms with E-state index in [1.54, 1.807) is 6.08 Å². The summed E-state index contributed by atoms with van der Waals surface area (Å²) in [5, 5.41) is 0. The summed E-state index contributed by atoms with van der Waals surface area (Å²) in [5.41, 5.74) is 0. The molecule has 1 aliphatic rings. The molecule has 0 radical (unpaired) electrons.